The van der Waals surface area contributed by atoms with Crippen LogP contribution in [0.3, 0.4) is 0 Å². The van der Waals surface area contributed by atoms with Gasteiger partial charge in [-0.15, -0.1) is 0 Å². The third-order valence-corrected chi connectivity index (χ3v) is 4.28. The zero-order valence-electron chi connectivity index (χ0n) is 11.5. The maximum Gasteiger partial charge on any atom is 0.231 e. The van der Waals surface area contributed by atoms with Crippen LogP contribution in [0.15, 0.2) is 40.9 Å². The van der Waals surface area contributed by atoms with Crippen LogP contribution in [-0.4, -0.2) is 6.79 Å². The number of fused-ring (bicyclic) bond motifs is 1. The van der Waals surface area contributed by atoms with E-state index in [0.717, 1.165) is 27.1 Å². The second kappa shape index (κ2) is 6.03. The van der Waals surface area contributed by atoms with Crippen LogP contribution in [0, 0.1) is 5.82 Å². The van der Waals surface area contributed by atoms with Crippen LogP contribution < -0.4 is 14.8 Å². The first-order valence-corrected chi connectivity index (χ1v) is 7.49. The molecule has 3 rings (SSSR count). The molecule has 2 aromatic carbocycles. The van der Waals surface area contributed by atoms with E-state index in [1.54, 1.807) is 6.07 Å². The van der Waals surface area contributed by atoms with Crippen molar-refractivity contribution in [3.8, 4) is 11.5 Å². The summed E-state index contributed by atoms with van der Waals surface area (Å²) in [6.45, 7) is 2.91. The van der Waals surface area contributed by atoms with Crippen molar-refractivity contribution in [3.05, 3.63) is 57.8 Å². The summed E-state index contributed by atoms with van der Waals surface area (Å²) < 4.78 is 24.8. The van der Waals surface area contributed by atoms with E-state index in [9.17, 15) is 4.39 Å². The standard InChI is InChI=1S/C16H15BrFNO2/c1-10(11-2-5-15-16(7-11)21-9-20-15)19-8-12-6-13(18)3-4-14(12)17/h2-7,10,19H,8-9H2,1H3. The van der Waals surface area contributed by atoms with Crippen molar-refractivity contribution < 1.29 is 13.9 Å². The second-order valence-corrected chi connectivity index (χ2v) is 5.81. The van der Waals surface area contributed by atoms with Crippen molar-refractivity contribution >= 4 is 15.9 Å². The number of rotatable bonds is 4. The van der Waals surface area contributed by atoms with E-state index in [-0.39, 0.29) is 18.7 Å². The molecule has 0 spiro atoms. The Morgan fingerprint density at radius 2 is 2.00 bits per heavy atom. The first-order chi connectivity index (χ1) is 10.1. The molecule has 0 bridgehead atoms. The van der Waals surface area contributed by atoms with E-state index in [1.807, 2.05) is 18.2 Å². The molecule has 0 radical (unpaired) electrons. The fourth-order valence-electron chi connectivity index (χ4n) is 2.24. The minimum atomic E-state index is -0.231. The van der Waals surface area contributed by atoms with Gasteiger partial charge >= 0.3 is 0 Å². The summed E-state index contributed by atoms with van der Waals surface area (Å²) >= 11 is 3.43. The first-order valence-electron chi connectivity index (χ1n) is 6.70. The molecule has 0 amide bonds. The van der Waals surface area contributed by atoms with Gasteiger partial charge in [-0.3, -0.25) is 0 Å². The van der Waals surface area contributed by atoms with Gasteiger partial charge in [0.15, 0.2) is 11.5 Å². The van der Waals surface area contributed by atoms with Crippen molar-refractivity contribution in [1.29, 1.82) is 0 Å². The number of halogens is 2. The molecule has 1 heterocycles. The Bertz CT molecular complexity index is 663. The molecule has 21 heavy (non-hydrogen) atoms. The molecule has 1 aliphatic heterocycles. The number of benzene rings is 2. The van der Waals surface area contributed by atoms with Gasteiger partial charge in [0.05, 0.1) is 0 Å². The topological polar surface area (TPSA) is 30.5 Å². The molecule has 1 aliphatic rings. The maximum atomic E-state index is 13.3. The summed E-state index contributed by atoms with van der Waals surface area (Å²) in [6.07, 6.45) is 0. The summed E-state index contributed by atoms with van der Waals surface area (Å²) in [4.78, 5) is 0. The fourth-order valence-corrected chi connectivity index (χ4v) is 2.63. The normalized spacial score (nSPS) is 14.2. The van der Waals surface area contributed by atoms with Crippen LogP contribution in [0.1, 0.15) is 24.1 Å². The predicted molar refractivity (Wildman–Crippen MR) is 81.9 cm³/mol. The van der Waals surface area contributed by atoms with Gasteiger partial charge in [0.1, 0.15) is 5.82 Å². The van der Waals surface area contributed by atoms with Crippen LogP contribution >= 0.6 is 15.9 Å². The highest BCUT2D eigenvalue weighted by atomic mass is 79.9. The van der Waals surface area contributed by atoms with Gasteiger partial charge in [0.2, 0.25) is 6.79 Å². The van der Waals surface area contributed by atoms with Gasteiger partial charge in [0, 0.05) is 17.1 Å². The van der Waals surface area contributed by atoms with Crippen molar-refractivity contribution in [3.63, 3.8) is 0 Å². The highest BCUT2D eigenvalue weighted by Gasteiger charge is 2.15. The summed E-state index contributed by atoms with van der Waals surface area (Å²) in [5.41, 5.74) is 1.99. The lowest BCUT2D eigenvalue weighted by Crippen LogP contribution is -2.18. The number of nitrogens with one attached hydrogen (secondary N) is 1. The van der Waals surface area contributed by atoms with Crippen LogP contribution in [0.2, 0.25) is 0 Å². The highest BCUT2D eigenvalue weighted by Crippen LogP contribution is 2.34. The third kappa shape index (κ3) is 3.19. The van der Waals surface area contributed by atoms with Gasteiger partial charge in [0.25, 0.3) is 0 Å². The molecule has 3 nitrogen and oxygen atoms in total. The SMILES string of the molecule is CC(NCc1cc(F)ccc1Br)c1ccc2c(c1)OCO2. The van der Waals surface area contributed by atoms with Gasteiger partial charge in [-0.2, -0.15) is 0 Å². The van der Waals surface area contributed by atoms with E-state index < -0.39 is 0 Å². The minimum Gasteiger partial charge on any atom is -0.454 e. The molecule has 0 saturated carbocycles. The lowest BCUT2D eigenvalue weighted by Gasteiger charge is -2.15. The van der Waals surface area contributed by atoms with Crippen molar-refractivity contribution in [2.24, 2.45) is 0 Å². The fraction of sp³-hybridized carbons (Fsp3) is 0.250. The molecule has 1 N–H and O–H groups in total. The molecule has 0 saturated heterocycles. The Balaban J connectivity index is 1.69. The minimum absolute atomic E-state index is 0.120. The Hall–Kier alpha value is -1.59. The van der Waals surface area contributed by atoms with E-state index in [4.69, 9.17) is 9.47 Å². The average Bonchev–Trinajstić information content (AvgIpc) is 2.95. The molecular weight excluding hydrogens is 337 g/mol. The largest absolute Gasteiger partial charge is 0.454 e. The molecule has 1 atom stereocenters. The quantitative estimate of drug-likeness (QED) is 0.896. The number of hydrogen-bond acceptors (Lipinski definition) is 3. The van der Waals surface area contributed by atoms with Crippen molar-refractivity contribution in [1.82, 2.24) is 5.32 Å². The Morgan fingerprint density at radius 1 is 1.19 bits per heavy atom. The third-order valence-electron chi connectivity index (χ3n) is 3.50. The zero-order valence-corrected chi connectivity index (χ0v) is 13.1. The predicted octanol–water partition coefficient (Wildman–Crippen LogP) is 4.17. The molecule has 0 fully saturated rings. The van der Waals surface area contributed by atoms with Gasteiger partial charge in [-0.1, -0.05) is 22.0 Å². The van der Waals surface area contributed by atoms with Gasteiger partial charge < -0.3 is 14.8 Å². The molecule has 2 aromatic rings. The van der Waals surface area contributed by atoms with Gasteiger partial charge in [-0.25, -0.2) is 4.39 Å². The molecule has 0 aromatic heterocycles. The molecule has 1 unspecified atom stereocenters. The van der Waals surface area contributed by atoms with Crippen molar-refractivity contribution in [2.75, 3.05) is 6.79 Å². The van der Waals surface area contributed by atoms with E-state index >= 15 is 0 Å². The zero-order chi connectivity index (χ0) is 14.8. The van der Waals surface area contributed by atoms with Crippen LogP contribution in [-0.2, 0) is 6.54 Å². The maximum absolute atomic E-state index is 13.3. The van der Waals surface area contributed by atoms with Crippen LogP contribution in [0.5, 0.6) is 11.5 Å². The molecule has 5 heteroatoms. The summed E-state index contributed by atoms with van der Waals surface area (Å²) in [5.74, 6) is 1.32. The van der Waals surface area contributed by atoms with E-state index in [2.05, 4.69) is 28.2 Å². The monoisotopic (exact) mass is 351 g/mol. The lowest BCUT2D eigenvalue weighted by atomic mass is 10.1. The Morgan fingerprint density at radius 3 is 2.86 bits per heavy atom. The smallest absolute Gasteiger partial charge is 0.231 e. The van der Waals surface area contributed by atoms with E-state index in [0.29, 0.717) is 6.54 Å². The Labute approximate surface area is 131 Å². The lowest BCUT2D eigenvalue weighted by molar-refractivity contribution is 0.174. The summed E-state index contributed by atoms with van der Waals surface area (Å²) in [6, 6.07) is 10.7. The molecule has 110 valence electrons. The first kappa shape index (κ1) is 14.4. The highest BCUT2D eigenvalue weighted by molar-refractivity contribution is 9.10. The van der Waals surface area contributed by atoms with Crippen LogP contribution in [0.25, 0.3) is 0 Å². The molecule has 0 aliphatic carbocycles. The summed E-state index contributed by atoms with van der Waals surface area (Å²) in [7, 11) is 0. The Kier molecular flexibility index (Phi) is 4.12. The number of hydrogen-bond donors (Lipinski definition) is 1. The van der Waals surface area contributed by atoms with Crippen LogP contribution in [0.4, 0.5) is 4.39 Å². The molecular formula is C16H15BrFNO2. The average molecular weight is 352 g/mol. The van der Waals surface area contributed by atoms with E-state index in [1.165, 1.54) is 12.1 Å². The summed E-state index contributed by atoms with van der Waals surface area (Å²) in [5, 5.41) is 3.38. The van der Waals surface area contributed by atoms with Gasteiger partial charge in [-0.05, 0) is 48.4 Å². The van der Waals surface area contributed by atoms with Crippen molar-refractivity contribution in [2.45, 2.75) is 19.5 Å². The second-order valence-electron chi connectivity index (χ2n) is 4.95. The number of ether oxygens (including phenoxy) is 2.